The molecule has 1 aromatic rings. The molecular formula is C27H33N5O3. The van der Waals surface area contributed by atoms with Crippen LogP contribution in [0.25, 0.3) is 0 Å². The van der Waals surface area contributed by atoms with E-state index in [9.17, 15) is 14.4 Å². The van der Waals surface area contributed by atoms with Crippen molar-refractivity contribution < 1.29 is 14.4 Å². The minimum absolute atomic E-state index is 0.0242. The Kier molecular flexibility index (Phi) is 7.20. The fraction of sp³-hybridized carbons (Fsp3) is 0.481. The van der Waals surface area contributed by atoms with Crippen LogP contribution < -0.4 is 10.6 Å². The van der Waals surface area contributed by atoms with E-state index in [1.54, 1.807) is 36.4 Å². The van der Waals surface area contributed by atoms with Crippen molar-refractivity contribution in [2.75, 3.05) is 44.6 Å². The average Bonchev–Trinajstić information content (AvgIpc) is 3.56. The highest BCUT2D eigenvalue weighted by atomic mass is 16.2. The first-order valence-electron chi connectivity index (χ1n) is 12.8. The van der Waals surface area contributed by atoms with Gasteiger partial charge in [0.2, 0.25) is 11.8 Å². The molecule has 2 amide bonds. The maximum absolute atomic E-state index is 13.1. The zero-order valence-electron chi connectivity index (χ0n) is 20.1. The molecule has 0 radical (unpaired) electrons. The predicted octanol–water partition coefficient (Wildman–Crippen LogP) is 3.05. The van der Waals surface area contributed by atoms with E-state index in [0.717, 1.165) is 39.3 Å². The molecule has 0 saturated carbocycles. The summed E-state index contributed by atoms with van der Waals surface area (Å²) < 4.78 is 0. The average molecular weight is 476 g/mol. The monoisotopic (exact) mass is 475 g/mol. The Hall–Kier alpha value is -3.10. The molecule has 1 aliphatic carbocycles. The molecule has 0 aromatic heterocycles. The van der Waals surface area contributed by atoms with Gasteiger partial charge in [-0.3, -0.25) is 19.4 Å². The molecular weight excluding hydrogens is 442 g/mol. The van der Waals surface area contributed by atoms with Crippen LogP contribution in [-0.4, -0.2) is 72.4 Å². The smallest absolute Gasteiger partial charge is 0.225 e. The fourth-order valence-corrected chi connectivity index (χ4v) is 5.19. The Morgan fingerprint density at radius 2 is 1.54 bits per heavy atom. The second kappa shape index (κ2) is 10.7. The Morgan fingerprint density at radius 1 is 0.914 bits per heavy atom. The zero-order chi connectivity index (χ0) is 24.2. The molecule has 35 heavy (non-hydrogen) atoms. The normalized spacial score (nSPS) is 21.8. The number of allylic oxidation sites excluding steroid dienone is 3. The van der Waals surface area contributed by atoms with Crippen LogP contribution >= 0.6 is 0 Å². The third-order valence-electron chi connectivity index (χ3n) is 7.16. The van der Waals surface area contributed by atoms with E-state index in [0.29, 0.717) is 41.2 Å². The fourth-order valence-electron chi connectivity index (χ4n) is 5.19. The van der Waals surface area contributed by atoms with Gasteiger partial charge in [0, 0.05) is 42.9 Å². The number of aliphatic imine (C=N–C) groups is 1. The van der Waals surface area contributed by atoms with Gasteiger partial charge in [-0.15, -0.1) is 0 Å². The van der Waals surface area contributed by atoms with E-state index in [4.69, 9.17) is 4.99 Å². The Morgan fingerprint density at radius 3 is 2.20 bits per heavy atom. The molecule has 2 N–H and O–H groups in total. The summed E-state index contributed by atoms with van der Waals surface area (Å²) in [6, 6.07) is 5.26. The summed E-state index contributed by atoms with van der Waals surface area (Å²) in [4.78, 5) is 47.2. The summed E-state index contributed by atoms with van der Waals surface area (Å²) >= 11 is 0. The number of amides is 2. The van der Waals surface area contributed by atoms with E-state index < -0.39 is 5.92 Å². The minimum atomic E-state index is -0.450. The lowest BCUT2D eigenvalue weighted by atomic mass is 9.86. The molecule has 2 saturated heterocycles. The first-order chi connectivity index (χ1) is 17.0. The van der Waals surface area contributed by atoms with Crippen LogP contribution in [0.4, 0.5) is 11.4 Å². The van der Waals surface area contributed by atoms with Crippen molar-refractivity contribution in [2.24, 2.45) is 10.9 Å². The summed E-state index contributed by atoms with van der Waals surface area (Å²) in [7, 11) is 0. The summed E-state index contributed by atoms with van der Waals surface area (Å²) in [5, 5.41) is 5.88. The predicted molar refractivity (Wildman–Crippen MR) is 136 cm³/mol. The van der Waals surface area contributed by atoms with Crippen LogP contribution in [0.1, 0.15) is 48.9 Å². The van der Waals surface area contributed by atoms with Gasteiger partial charge in [-0.25, -0.2) is 0 Å². The van der Waals surface area contributed by atoms with Gasteiger partial charge in [-0.05, 0) is 82.2 Å². The molecule has 8 nitrogen and oxygen atoms in total. The quantitative estimate of drug-likeness (QED) is 0.603. The standard InChI is InChI=1S/C27H33N5O3/c33-25(9-15-31-11-1-2-12-31)28-19-5-7-21-23(17-19)30-24-18-20(6-8-22(24)27(21)35)29-26(34)10-16-32-13-3-4-14-32/h5-8,17-18,21H,1-4,9-16H2,(H,28,33)(H,29,34). The van der Waals surface area contributed by atoms with Crippen LogP contribution in [-0.2, 0) is 9.59 Å². The molecule has 2 fully saturated rings. The molecule has 0 spiro atoms. The third kappa shape index (κ3) is 5.77. The van der Waals surface area contributed by atoms with Crippen molar-refractivity contribution in [1.29, 1.82) is 0 Å². The number of benzene rings is 1. The van der Waals surface area contributed by atoms with Gasteiger partial charge in [0.25, 0.3) is 0 Å². The number of nitrogens with zero attached hydrogens (tertiary/aromatic N) is 3. The first-order valence-corrected chi connectivity index (χ1v) is 12.8. The molecule has 184 valence electrons. The summed E-state index contributed by atoms with van der Waals surface area (Å²) in [5.41, 5.74) is 2.98. The van der Waals surface area contributed by atoms with Gasteiger partial charge < -0.3 is 20.4 Å². The van der Waals surface area contributed by atoms with E-state index in [2.05, 4.69) is 20.4 Å². The van der Waals surface area contributed by atoms with Gasteiger partial charge in [-0.2, -0.15) is 0 Å². The lowest BCUT2D eigenvalue weighted by Gasteiger charge is -2.24. The number of likely N-dealkylation sites (tertiary alicyclic amines) is 2. The SMILES string of the molecule is O=C(CCN1CCCC1)NC1=CC2=Nc3cc(NC(=O)CCN4CCCC4)ccc3C(=O)C2C=C1. The van der Waals surface area contributed by atoms with Crippen molar-refractivity contribution in [3.8, 4) is 0 Å². The second-order valence-corrected chi connectivity index (χ2v) is 9.76. The highest BCUT2D eigenvalue weighted by Gasteiger charge is 2.31. The molecule has 1 atom stereocenters. The molecule has 0 bridgehead atoms. The Bertz CT molecular complexity index is 1090. The number of carbonyl (C=O) groups excluding carboxylic acids is 3. The number of ketones is 1. The third-order valence-corrected chi connectivity index (χ3v) is 7.16. The van der Waals surface area contributed by atoms with E-state index >= 15 is 0 Å². The van der Waals surface area contributed by atoms with Gasteiger partial charge in [0.1, 0.15) is 0 Å². The van der Waals surface area contributed by atoms with Crippen LogP contribution in [0.15, 0.2) is 47.1 Å². The zero-order valence-corrected chi connectivity index (χ0v) is 20.1. The number of fused-ring (bicyclic) bond motifs is 2. The van der Waals surface area contributed by atoms with Crippen LogP contribution in [0.2, 0.25) is 0 Å². The molecule has 1 unspecified atom stereocenters. The Labute approximate surface area is 206 Å². The number of hydrogen-bond donors (Lipinski definition) is 2. The number of Topliss-reactive ketones (excluding diaryl/α,β-unsaturated/α-hetero) is 1. The largest absolute Gasteiger partial charge is 0.326 e. The molecule has 3 heterocycles. The van der Waals surface area contributed by atoms with Gasteiger partial charge >= 0.3 is 0 Å². The lowest BCUT2D eigenvalue weighted by Crippen LogP contribution is -2.32. The second-order valence-electron chi connectivity index (χ2n) is 9.76. The maximum Gasteiger partial charge on any atom is 0.225 e. The van der Waals surface area contributed by atoms with Crippen LogP contribution in [0.5, 0.6) is 0 Å². The van der Waals surface area contributed by atoms with E-state index in [1.807, 2.05) is 0 Å². The number of rotatable bonds is 8. The maximum atomic E-state index is 13.1. The molecule has 5 rings (SSSR count). The lowest BCUT2D eigenvalue weighted by molar-refractivity contribution is -0.120. The number of hydrogen-bond acceptors (Lipinski definition) is 6. The number of nitrogens with one attached hydrogen (secondary N) is 2. The van der Waals surface area contributed by atoms with Crippen molar-refractivity contribution in [1.82, 2.24) is 15.1 Å². The molecule has 4 aliphatic rings. The van der Waals surface area contributed by atoms with Crippen LogP contribution in [0.3, 0.4) is 0 Å². The van der Waals surface area contributed by atoms with E-state index in [-0.39, 0.29) is 17.6 Å². The van der Waals surface area contributed by atoms with Crippen LogP contribution in [0, 0.1) is 5.92 Å². The van der Waals surface area contributed by atoms with Crippen molar-refractivity contribution in [2.45, 2.75) is 38.5 Å². The van der Waals surface area contributed by atoms with Crippen molar-refractivity contribution in [3.63, 3.8) is 0 Å². The van der Waals surface area contributed by atoms with Gasteiger partial charge in [-0.1, -0.05) is 6.08 Å². The topological polar surface area (TPSA) is 94.1 Å². The summed E-state index contributed by atoms with van der Waals surface area (Å²) in [6.07, 6.45) is 11.1. The minimum Gasteiger partial charge on any atom is -0.326 e. The highest BCUT2D eigenvalue weighted by Crippen LogP contribution is 2.34. The number of anilines is 1. The van der Waals surface area contributed by atoms with Gasteiger partial charge in [0.15, 0.2) is 5.78 Å². The van der Waals surface area contributed by atoms with Crippen molar-refractivity contribution in [3.05, 3.63) is 47.7 Å². The first kappa shape index (κ1) is 23.6. The summed E-state index contributed by atoms with van der Waals surface area (Å²) in [6.45, 7) is 5.80. The summed E-state index contributed by atoms with van der Waals surface area (Å²) in [5.74, 6) is -0.547. The Balaban J connectivity index is 1.22. The molecule has 1 aromatic carbocycles. The van der Waals surface area contributed by atoms with Gasteiger partial charge in [0.05, 0.1) is 17.3 Å². The van der Waals surface area contributed by atoms with Crippen molar-refractivity contribution >= 4 is 34.7 Å². The molecule has 3 aliphatic heterocycles. The molecule has 8 heteroatoms. The van der Waals surface area contributed by atoms with E-state index in [1.165, 1.54) is 25.7 Å². The number of carbonyl (C=O) groups is 3. The highest BCUT2D eigenvalue weighted by molar-refractivity contribution is 6.23.